The molecular weight excluding hydrogens is 470 g/mol. The summed E-state index contributed by atoms with van der Waals surface area (Å²) in [5.74, 6) is -0.447. The first kappa shape index (κ1) is 22.1. The zero-order valence-electron chi connectivity index (χ0n) is 16.5. The molecule has 6 nitrogen and oxygen atoms in total. The first-order valence-corrected chi connectivity index (χ1v) is 10.9. The second-order valence-electron chi connectivity index (χ2n) is 6.54. The molecule has 2 aromatic carbocycles. The number of rotatable bonds is 7. The van der Waals surface area contributed by atoms with Gasteiger partial charge < -0.3 is 9.47 Å². The number of esters is 1. The van der Waals surface area contributed by atoms with Gasteiger partial charge in [0.15, 0.2) is 0 Å². The molecule has 1 saturated heterocycles. The standard InChI is InChI=1S/C22H20BrNO5S/c1-3-28-20(25)12-24-21(26)19(30-22(24)27)11-15-7-8-18(17(23)10-15)29-13-16-6-4-5-14(2)9-16/h4-11H,3,12-13H2,1-2H3/b19-11+. The monoisotopic (exact) mass is 489 g/mol. The largest absolute Gasteiger partial charge is 0.488 e. The summed E-state index contributed by atoms with van der Waals surface area (Å²) >= 11 is 4.29. The molecule has 0 atom stereocenters. The minimum Gasteiger partial charge on any atom is -0.488 e. The molecule has 0 unspecified atom stereocenters. The van der Waals surface area contributed by atoms with E-state index in [2.05, 4.69) is 22.0 Å². The van der Waals surface area contributed by atoms with Crippen molar-refractivity contribution in [2.45, 2.75) is 20.5 Å². The SMILES string of the molecule is CCOC(=O)CN1C(=O)S/C(=C/c2ccc(OCc3cccc(C)c3)c(Br)c2)C1=O. The summed E-state index contributed by atoms with van der Waals surface area (Å²) in [6.07, 6.45) is 1.62. The van der Waals surface area contributed by atoms with Crippen molar-refractivity contribution in [1.29, 1.82) is 0 Å². The van der Waals surface area contributed by atoms with Gasteiger partial charge in [-0.15, -0.1) is 0 Å². The van der Waals surface area contributed by atoms with Crippen LogP contribution in [0.15, 0.2) is 51.8 Å². The van der Waals surface area contributed by atoms with Gasteiger partial charge in [0.2, 0.25) is 0 Å². The first-order valence-electron chi connectivity index (χ1n) is 9.26. The Morgan fingerprint density at radius 3 is 2.70 bits per heavy atom. The molecular formula is C22H20BrNO5S. The Labute approximate surface area is 187 Å². The normalized spacial score (nSPS) is 15.0. The van der Waals surface area contributed by atoms with E-state index in [0.717, 1.165) is 32.3 Å². The molecule has 156 valence electrons. The van der Waals surface area contributed by atoms with Gasteiger partial charge in [0.05, 0.1) is 16.0 Å². The van der Waals surface area contributed by atoms with E-state index in [-0.39, 0.29) is 18.1 Å². The third-order valence-corrected chi connectivity index (χ3v) is 5.72. The molecule has 0 N–H and O–H groups in total. The minimum atomic E-state index is -0.612. The summed E-state index contributed by atoms with van der Waals surface area (Å²) in [6, 6.07) is 13.5. The van der Waals surface area contributed by atoms with Crippen LogP contribution in [0, 0.1) is 6.92 Å². The zero-order chi connectivity index (χ0) is 21.7. The Kier molecular flexibility index (Phi) is 7.33. The molecule has 1 aliphatic rings. The van der Waals surface area contributed by atoms with E-state index in [1.165, 1.54) is 5.56 Å². The number of ether oxygens (including phenoxy) is 2. The molecule has 0 saturated carbocycles. The molecule has 2 amide bonds. The number of hydrogen-bond donors (Lipinski definition) is 0. The lowest BCUT2D eigenvalue weighted by molar-refractivity contribution is -0.145. The van der Waals surface area contributed by atoms with E-state index < -0.39 is 17.1 Å². The predicted octanol–water partition coefficient (Wildman–Crippen LogP) is 4.94. The summed E-state index contributed by atoms with van der Waals surface area (Å²) in [7, 11) is 0. The van der Waals surface area contributed by atoms with E-state index in [1.54, 1.807) is 25.1 Å². The van der Waals surface area contributed by atoms with Crippen LogP contribution in [0.2, 0.25) is 0 Å². The fourth-order valence-corrected chi connectivity index (χ4v) is 4.16. The molecule has 1 heterocycles. The number of aryl methyl sites for hydroxylation is 1. The molecule has 0 radical (unpaired) electrons. The highest BCUT2D eigenvalue weighted by atomic mass is 79.9. The van der Waals surface area contributed by atoms with Crippen LogP contribution in [0.5, 0.6) is 5.75 Å². The molecule has 30 heavy (non-hydrogen) atoms. The highest BCUT2D eigenvalue weighted by Crippen LogP contribution is 2.34. The van der Waals surface area contributed by atoms with E-state index in [9.17, 15) is 14.4 Å². The molecule has 1 fully saturated rings. The number of hydrogen-bond acceptors (Lipinski definition) is 6. The Balaban J connectivity index is 1.68. The van der Waals surface area contributed by atoms with Crippen molar-refractivity contribution in [3.63, 3.8) is 0 Å². The number of thioether (sulfide) groups is 1. The van der Waals surface area contributed by atoms with E-state index in [0.29, 0.717) is 12.4 Å². The van der Waals surface area contributed by atoms with Crippen LogP contribution in [-0.2, 0) is 20.9 Å². The Bertz CT molecular complexity index is 1020. The number of halogens is 1. The topological polar surface area (TPSA) is 72.9 Å². The molecule has 0 spiro atoms. The van der Waals surface area contributed by atoms with E-state index in [1.807, 2.05) is 31.2 Å². The number of nitrogens with zero attached hydrogens (tertiary/aromatic N) is 1. The zero-order valence-corrected chi connectivity index (χ0v) is 18.9. The van der Waals surface area contributed by atoms with Crippen LogP contribution in [-0.4, -0.2) is 35.2 Å². The van der Waals surface area contributed by atoms with Gasteiger partial charge in [-0.05, 0) is 70.9 Å². The van der Waals surface area contributed by atoms with E-state index in [4.69, 9.17) is 9.47 Å². The molecule has 3 rings (SSSR count). The van der Waals surface area contributed by atoms with Crippen LogP contribution in [0.4, 0.5) is 4.79 Å². The third kappa shape index (κ3) is 5.52. The fraction of sp³-hybridized carbons (Fsp3) is 0.227. The van der Waals surface area contributed by atoms with Crippen molar-refractivity contribution in [3.05, 3.63) is 68.5 Å². The number of benzene rings is 2. The second-order valence-corrected chi connectivity index (χ2v) is 8.39. The third-order valence-electron chi connectivity index (χ3n) is 4.20. The molecule has 1 aliphatic heterocycles. The Morgan fingerprint density at radius 1 is 1.20 bits per heavy atom. The van der Waals surface area contributed by atoms with Crippen molar-refractivity contribution in [2.75, 3.05) is 13.2 Å². The summed E-state index contributed by atoms with van der Waals surface area (Å²) in [5.41, 5.74) is 2.97. The fourth-order valence-electron chi connectivity index (χ4n) is 2.81. The molecule has 2 aromatic rings. The maximum Gasteiger partial charge on any atom is 0.326 e. The smallest absolute Gasteiger partial charge is 0.326 e. The molecule has 8 heteroatoms. The summed E-state index contributed by atoms with van der Waals surface area (Å²) in [6.45, 7) is 3.94. The summed E-state index contributed by atoms with van der Waals surface area (Å²) < 4.78 is 11.4. The average molecular weight is 490 g/mol. The van der Waals surface area contributed by atoms with Crippen LogP contribution in [0.25, 0.3) is 6.08 Å². The first-order chi connectivity index (χ1) is 14.4. The number of imide groups is 1. The highest BCUT2D eigenvalue weighted by Gasteiger charge is 2.36. The highest BCUT2D eigenvalue weighted by molar-refractivity contribution is 9.10. The lowest BCUT2D eigenvalue weighted by atomic mass is 10.1. The van der Waals surface area contributed by atoms with Crippen molar-refractivity contribution in [2.24, 2.45) is 0 Å². The minimum absolute atomic E-state index is 0.192. The van der Waals surface area contributed by atoms with Gasteiger partial charge in [-0.1, -0.05) is 35.9 Å². The van der Waals surface area contributed by atoms with Crippen molar-refractivity contribution < 1.29 is 23.9 Å². The van der Waals surface area contributed by atoms with E-state index >= 15 is 0 Å². The number of amides is 2. The Hall–Kier alpha value is -2.58. The quantitative estimate of drug-likeness (QED) is 0.405. The molecule has 0 aromatic heterocycles. The maximum atomic E-state index is 12.5. The van der Waals surface area contributed by atoms with Gasteiger partial charge in [0.1, 0.15) is 18.9 Å². The van der Waals surface area contributed by atoms with Gasteiger partial charge in [-0.2, -0.15) is 0 Å². The lowest BCUT2D eigenvalue weighted by Gasteiger charge is -2.11. The predicted molar refractivity (Wildman–Crippen MR) is 119 cm³/mol. The van der Waals surface area contributed by atoms with Gasteiger partial charge in [0, 0.05) is 0 Å². The van der Waals surface area contributed by atoms with Gasteiger partial charge in [0.25, 0.3) is 11.1 Å². The van der Waals surface area contributed by atoms with Crippen LogP contribution in [0.3, 0.4) is 0 Å². The van der Waals surface area contributed by atoms with Gasteiger partial charge >= 0.3 is 5.97 Å². The van der Waals surface area contributed by atoms with Gasteiger partial charge in [-0.25, -0.2) is 0 Å². The van der Waals surface area contributed by atoms with Crippen LogP contribution < -0.4 is 4.74 Å². The number of carbonyl (C=O) groups is 3. The van der Waals surface area contributed by atoms with Gasteiger partial charge in [-0.3, -0.25) is 19.3 Å². The molecule has 0 aliphatic carbocycles. The van der Waals surface area contributed by atoms with Crippen LogP contribution in [0.1, 0.15) is 23.6 Å². The maximum absolute atomic E-state index is 12.5. The van der Waals surface area contributed by atoms with Crippen LogP contribution >= 0.6 is 27.7 Å². The van der Waals surface area contributed by atoms with Crippen molar-refractivity contribution >= 4 is 50.9 Å². The second kappa shape index (κ2) is 9.95. The van der Waals surface area contributed by atoms with Crippen molar-refractivity contribution in [3.8, 4) is 5.75 Å². The number of carbonyl (C=O) groups excluding carboxylic acids is 3. The lowest BCUT2D eigenvalue weighted by Crippen LogP contribution is -2.34. The summed E-state index contributed by atoms with van der Waals surface area (Å²) in [4.78, 5) is 37.3. The summed E-state index contributed by atoms with van der Waals surface area (Å²) in [5, 5.41) is -0.489. The average Bonchev–Trinajstić information content (AvgIpc) is 2.95. The molecule has 0 bridgehead atoms. The Morgan fingerprint density at radius 2 is 2.00 bits per heavy atom. The van der Waals surface area contributed by atoms with Crippen molar-refractivity contribution in [1.82, 2.24) is 4.90 Å².